The van der Waals surface area contributed by atoms with Crippen LogP contribution in [0.4, 0.5) is 0 Å². The highest BCUT2D eigenvalue weighted by Crippen LogP contribution is 2.64. The van der Waals surface area contributed by atoms with E-state index in [4.69, 9.17) is 9.25 Å². The van der Waals surface area contributed by atoms with Crippen molar-refractivity contribution in [3.8, 4) is 0 Å². The lowest BCUT2D eigenvalue weighted by Gasteiger charge is -2.34. The van der Waals surface area contributed by atoms with E-state index in [1.807, 2.05) is 24.3 Å². The van der Waals surface area contributed by atoms with Gasteiger partial charge in [0.25, 0.3) is 0 Å². The summed E-state index contributed by atoms with van der Waals surface area (Å²) in [4.78, 5) is 17.9. The summed E-state index contributed by atoms with van der Waals surface area (Å²) < 4.78 is 5.68. The number of oxime groups is 1. The topological polar surface area (TPSA) is 51.8 Å². The van der Waals surface area contributed by atoms with Gasteiger partial charge in [-0.25, -0.2) is 4.79 Å². The van der Waals surface area contributed by atoms with Crippen molar-refractivity contribution in [1.29, 1.82) is 0 Å². The zero-order valence-electron chi connectivity index (χ0n) is 16.6. The first-order valence-corrected chi connectivity index (χ1v) is 10.1. The van der Waals surface area contributed by atoms with E-state index in [9.17, 15) is 4.79 Å². The van der Waals surface area contributed by atoms with E-state index in [2.05, 4.69) is 38.1 Å². The molecule has 0 spiro atoms. The van der Waals surface area contributed by atoms with Crippen molar-refractivity contribution in [3.05, 3.63) is 48.2 Å². The first kappa shape index (κ1) is 17.5. The van der Waals surface area contributed by atoms with Gasteiger partial charge in [0.1, 0.15) is 5.58 Å². The molecule has 2 aliphatic carbocycles. The lowest BCUT2D eigenvalue weighted by Crippen LogP contribution is -2.32. The minimum absolute atomic E-state index is 0.0382. The first-order chi connectivity index (χ1) is 13.4. The maximum atomic E-state index is 12.5. The van der Waals surface area contributed by atoms with Gasteiger partial charge in [-0.15, -0.1) is 0 Å². The second-order valence-electron chi connectivity index (χ2n) is 9.09. The lowest BCUT2D eigenvalue weighted by molar-refractivity contribution is -0.142. The predicted molar refractivity (Wildman–Crippen MR) is 110 cm³/mol. The van der Waals surface area contributed by atoms with Gasteiger partial charge in [-0.1, -0.05) is 56.3 Å². The van der Waals surface area contributed by atoms with Crippen molar-refractivity contribution >= 4 is 33.4 Å². The van der Waals surface area contributed by atoms with Crippen LogP contribution in [0.2, 0.25) is 0 Å². The van der Waals surface area contributed by atoms with E-state index in [1.165, 1.54) is 6.42 Å². The monoisotopic (exact) mass is 375 g/mol. The molecular weight excluding hydrogens is 350 g/mol. The van der Waals surface area contributed by atoms with Crippen LogP contribution < -0.4 is 0 Å². The summed E-state index contributed by atoms with van der Waals surface area (Å²) in [5.74, 6) is 0.298. The van der Waals surface area contributed by atoms with Crippen molar-refractivity contribution in [3.63, 3.8) is 0 Å². The van der Waals surface area contributed by atoms with Crippen molar-refractivity contribution in [2.24, 2.45) is 21.9 Å². The maximum Gasteiger partial charge on any atom is 0.339 e. The Labute approximate surface area is 164 Å². The van der Waals surface area contributed by atoms with Crippen molar-refractivity contribution in [2.45, 2.75) is 46.5 Å². The Morgan fingerprint density at radius 3 is 2.79 bits per heavy atom. The Balaban J connectivity index is 1.39. The zero-order valence-corrected chi connectivity index (χ0v) is 16.6. The molecule has 2 unspecified atom stereocenters. The van der Waals surface area contributed by atoms with Crippen LogP contribution in [0.3, 0.4) is 0 Å². The third-order valence-corrected chi connectivity index (χ3v) is 7.64. The van der Waals surface area contributed by atoms with Crippen LogP contribution >= 0.6 is 0 Å². The van der Waals surface area contributed by atoms with Crippen LogP contribution in [0.5, 0.6) is 0 Å². The van der Waals surface area contributed by atoms with Crippen molar-refractivity contribution < 1.29 is 14.0 Å². The third-order valence-electron chi connectivity index (χ3n) is 7.64. The highest BCUT2D eigenvalue weighted by molar-refractivity contribution is 6.08. The average Bonchev–Trinajstić information content (AvgIpc) is 3.25. The quantitative estimate of drug-likeness (QED) is 0.425. The fourth-order valence-electron chi connectivity index (χ4n) is 5.36. The summed E-state index contributed by atoms with van der Waals surface area (Å²) in [5, 5.41) is 7.53. The number of rotatable bonds is 3. The van der Waals surface area contributed by atoms with Gasteiger partial charge < -0.3 is 9.25 Å². The molecule has 1 aromatic heterocycles. The predicted octanol–water partition coefficient (Wildman–Crippen LogP) is 5.87. The fraction of sp³-hybridized carbons (Fsp3) is 0.417. The van der Waals surface area contributed by atoms with Crippen LogP contribution in [-0.4, -0.2) is 11.7 Å². The summed E-state index contributed by atoms with van der Waals surface area (Å²) in [6.07, 6.45) is 5.12. The number of hydrogen-bond acceptors (Lipinski definition) is 4. The molecule has 0 saturated heterocycles. The van der Waals surface area contributed by atoms with Crippen LogP contribution in [0, 0.1) is 16.7 Å². The van der Waals surface area contributed by atoms with E-state index >= 15 is 0 Å². The third kappa shape index (κ3) is 2.36. The zero-order chi connectivity index (χ0) is 19.5. The van der Waals surface area contributed by atoms with Crippen LogP contribution in [-0.2, 0) is 16.1 Å². The second-order valence-corrected chi connectivity index (χ2v) is 9.09. The van der Waals surface area contributed by atoms with Crippen molar-refractivity contribution in [1.82, 2.24) is 0 Å². The van der Waals surface area contributed by atoms with Crippen LogP contribution in [0.25, 0.3) is 21.7 Å². The second kappa shape index (κ2) is 5.94. The Morgan fingerprint density at radius 2 is 2.04 bits per heavy atom. The van der Waals surface area contributed by atoms with Gasteiger partial charge in [0, 0.05) is 16.4 Å². The van der Waals surface area contributed by atoms with E-state index in [1.54, 1.807) is 6.26 Å². The molecule has 2 saturated carbocycles. The van der Waals surface area contributed by atoms with Crippen molar-refractivity contribution in [2.75, 3.05) is 0 Å². The summed E-state index contributed by atoms with van der Waals surface area (Å²) in [6.45, 7) is 6.90. The van der Waals surface area contributed by atoms with Gasteiger partial charge in [0.2, 0.25) is 0 Å². The maximum absolute atomic E-state index is 12.5. The number of benzene rings is 2. The smallest absolute Gasteiger partial charge is 0.339 e. The SMILES string of the molecule is CC12CCC(C/C1=N\OC(=O)Cc1coc3ccc4ccccc4c13)C2(C)C. The molecule has 0 radical (unpaired) electrons. The van der Waals surface area contributed by atoms with Gasteiger partial charge in [-0.3, -0.25) is 0 Å². The summed E-state index contributed by atoms with van der Waals surface area (Å²) in [7, 11) is 0. The number of carbonyl (C=O) groups excluding carboxylic acids is 1. The largest absolute Gasteiger partial charge is 0.464 e. The van der Waals surface area contributed by atoms with Crippen LogP contribution in [0.1, 0.15) is 45.6 Å². The van der Waals surface area contributed by atoms with E-state index < -0.39 is 0 Å². The fourth-order valence-corrected chi connectivity index (χ4v) is 5.36. The molecule has 2 fully saturated rings. The molecule has 2 bridgehead atoms. The molecule has 2 atom stereocenters. The van der Waals surface area contributed by atoms with E-state index in [0.29, 0.717) is 5.92 Å². The summed E-state index contributed by atoms with van der Waals surface area (Å²) >= 11 is 0. The van der Waals surface area contributed by atoms with Gasteiger partial charge in [0.05, 0.1) is 18.4 Å². The summed E-state index contributed by atoms with van der Waals surface area (Å²) in [5.41, 5.74) is 2.94. The van der Waals surface area contributed by atoms with Gasteiger partial charge >= 0.3 is 5.97 Å². The summed E-state index contributed by atoms with van der Waals surface area (Å²) in [6, 6.07) is 12.1. The molecule has 0 aliphatic heterocycles. The number of hydrogen-bond donors (Lipinski definition) is 0. The van der Waals surface area contributed by atoms with Crippen LogP contribution in [0.15, 0.2) is 52.2 Å². The molecule has 2 aliphatic rings. The molecule has 0 N–H and O–H groups in total. The molecule has 4 nitrogen and oxygen atoms in total. The number of carbonyl (C=O) groups is 1. The minimum Gasteiger partial charge on any atom is -0.464 e. The Kier molecular flexibility index (Phi) is 3.71. The average molecular weight is 375 g/mol. The first-order valence-electron chi connectivity index (χ1n) is 10.1. The molecule has 0 amide bonds. The molecular formula is C24H25NO3. The Bertz CT molecular complexity index is 1120. The normalized spacial score (nSPS) is 27.1. The minimum atomic E-state index is -0.340. The Hall–Kier alpha value is -2.62. The van der Waals surface area contributed by atoms with Gasteiger partial charge in [-0.2, -0.15) is 0 Å². The van der Waals surface area contributed by atoms with E-state index in [0.717, 1.165) is 45.9 Å². The molecule has 4 heteroatoms. The molecule has 5 rings (SSSR count). The molecule has 28 heavy (non-hydrogen) atoms. The highest BCUT2D eigenvalue weighted by atomic mass is 16.7. The molecule has 144 valence electrons. The van der Waals surface area contributed by atoms with E-state index in [-0.39, 0.29) is 23.2 Å². The number of furan rings is 1. The Morgan fingerprint density at radius 1 is 1.21 bits per heavy atom. The number of fused-ring (bicyclic) bond motifs is 5. The standard InChI is InChI=1S/C24H25NO3/c1-23(2)17-10-11-24(23,3)20(13-17)25-28-21(26)12-16-14-27-19-9-8-15-6-4-5-7-18(15)22(16)19/h4-9,14,17H,10-13H2,1-3H3/b25-20+. The van der Waals surface area contributed by atoms with Gasteiger partial charge in [0.15, 0.2) is 0 Å². The number of nitrogens with zero attached hydrogens (tertiary/aromatic N) is 1. The highest BCUT2D eigenvalue weighted by Gasteiger charge is 2.60. The molecule has 1 heterocycles. The molecule has 2 aromatic carbocycles. The molecule has 3 aromatic rings. The lowest BCUT2D eigenvalue weighted by atomic mass is 9.70. The van der Waals surface area contributed by atoms with Gasteiger partial charge in [-0.05, 0) is 47.4 Å².